The van der Waals surface area contributed by atoms with E-state index in [0.717, 1.165) is 36.4 Å². The van der Waals surface area contributed by atoms with Crippen molar-refractivity contribution in [3.63, 3.8) is 0 Å². The fourth-order valence-electron chi connectivity index (χ4n) is 2.78. The van der Waals surface area contributed by atoms with Crippen molar-refractivity contribution >= 4 is 17.5 Å². The highest BCUT2D eigenvalue weighted by Gasteiger charge is 2.29. The van der Waals surface area contributed by atoms with Crippen LogP contribution in [0.15, 0.2) is 30.6 Å². The quantitative estimate of drug-likeness (QED) is 0.860. The SMILES string of the molecule is O=C(Cn1cnnn1)N1CCCC1Cc1ccccc1Cl. The van der Waals surface area contributed by atoms with Crippen LogP contribution in [-0.4, -0.2) is 43.6 Å². The molecule has 3 rings (SSSR count). The second-order valence-electron chi connectivity index (χ2n) is 5.19. The summed E-state index contributed by atoms with van der Waals surface area (Å²) in [6.45, 7) is 0.974. The molecule has 1 aliphatic heterocycles. The normalized spacial score (nSPS) is 18.1. The third-order valence-electron chi connectivity index (χ3n) is 3.80. The van der Waals surface area contributed by atoms with Crippen LogP contribution in [0.25, 0.3) is 0 Å². The number of rotatable bonds is 4. The summed E-state index contributed by atoms with van der Waals surface area (Å²) in [5, 5.41) is 11.6. The van der Waals surface area contributed by atoms with E-state index in [9.17, 15) is 4.79 Å². The average molecular weight is 306 g/mol. The van der Waals surface area contributed by atoms with Crippen molar-refractivity contribution < 1.29 is 4.79 Å². The molecule has 1 aromatic heterocycles. The molecule has 0 bridgehead atoms. The van der Waals surface area contributed by atoms with E-state index in [1.165, 1.54) is 11.0 Å². The highest BCUT2D eigenvalue weighted by molar-refractivity contribution is 6.31. The van der Waals surface area contributed by atoms with Crippen LogP contribution in [0.2, 0.25) is 5.02 Å². The molecular weight excluding hydrogens is 290 g/mol. The lowest BCUT2D eigenvalue weighted by Gasteiger charge is -2.25. The molecule has 1 unspecified atom stereocenters. The molecule has 1 atom stereocenters. The number of hydrogen-bond acceptors (Lipinski definition) is 4. The highest BCUT2D eigenvalue weighted by Crippen LogP contribution is 2.25. The maximum atomic E-state index is 12.4. The van der Waals surface area contributed by atoms with Gasteiger partial charge in [-0.05, 0) is 41.3 Å². The lowest BCUT2D eigenvalue weighted by molar-refractivity contribution is -0.132. The minimum Gasteiger partial charge on any atom is -0.338 e. The standard InChI is InChI=1S/C14H16ClN5O/c15-13-6-2-1-4-11(13)8-12-5-3-7-20(12)14(21)9-19-10-16-17-18-19/h1-2,4,6,10,12H,3,5,7-9H2. The van der Waals surface area contributed by atoms with Gasteiger partial charge in [-0.3, -0.25) is 4.79 Å². The molecule has 1 saturated heterocycles. The summed E-state index contributed by atoms with van der Waals surface area (Å²) in [6, 6.07) is 8.00. The Labute approximate surface area is 127 Å². The average Bonchev–Trinajstić information content (AvgIpc) is 3.12. The van der Waals surface area contributed by atoms with Crippen molar-refractivity contribution in [2.75, 3.05) is 6.54 Å². The number of carbonyl (C=O) groups excluding carboxylic acids is 1. The number of nitrogens with zero attached hydrogens (tertiary/aromatic N) is 5. The summed E-state index contributed by atoms with van der Waals surface area (Å²) >= 11 is 6.21. The second-order valence-corrected chi connectivity index (χ2v) is 5.59. The first-order chi connectivity index (χ1) is 10.2. The van der Waals surface area contributed by atoms with Crippen molar-refractivity contribution in [1.29, 1.82) is 0 Å². The number of tetrazole rings is 1. The number of halogens is 1. The molecule has 0 radical (unpaired) electrons. The Morgan fingerprint density at radius 3 is 3.00 bits per heavy atom. The molecule has 2 heterocycles. The number of likely N-dealkylation sites (tertiary alicyclic amines) is 1. The lowest BCUT2D eigenvalue weighted by Crippen LogP contribution is -2.39. The van der Waals surface area contributed by atoms with Gasteiger partial charge in [0.15, 0.2) is 0 Å². The van der Waals surface area contributed by atoms with Gasteiger partial charge in [-0.25, -0.2) is 4.68 Å². The van der Waals surface area contributed by atoms with Gasteiger partial charge < -0.3 is 4.90 Å². The molecule has 110 valence electrons. The van der Waals surface area contributed by atoms with Crippen LogP contribution in [0.4, 0.5) is 0 Å². The molecule has 1 amide bonds. The molecule has 2 aromatic rings. The van der Waals surface area contributed by atoms with Gasteiger partial charge in [0, 0.05) is 17.6 Å². The van der Waals surface area contributed by atoms with E-state index < -0.39 is 0 Å². The van der Waals surface area contributed by atoms with E-state index in [1.807, 2.05) is 29.2 Å². The minimum atomic E-state index is 0.0526. The van der Waals surface area contributed by atoms with Crippen LogP contribution in [0, 0.1) is 0 Å². The van der Waals surface area contributed by atoms with E-state index in [4.69, 9.17) is 11.6 Å². The first-order valence-electron chi connectivity index (χ1n) is 6.97. The Hall–Kier alpha value is -1.95. The number of aromatic nitrogens is 4. The van der Waals surface area contributed by atoms with E-state index in [-0.39, 0.29) is 18.5 Å². The summed E-state index contributed by atoms with van der Waals surface area (Å²) < 4.78 is 1.45. The third-order valence-corrected chi connectivity index (χ3v) is 4.17. The van der Waals surface area contributed by atoms with Gasteiger partial charge in [-0.1, -0.05) is 29.8 Å². The van der Waals surface area contributed by atoms with E-state index in [0.29, 0.717) is 0 Å². The number of benzene rings is 1. The zero-order valence-electron chi connectivity index (χ0n) is 11.5. The summed E-state index contributed by atoms with van der Waals surface area (Å²) in [5.74, 6) is 0.0526. The number of hydrogen-bond donors (Lipinski definition) is 0. The molecule has 21 heavy (non-hydrogen) atoms. The van der Waals surface area contributed by atoms with Crippen LogP contribution in [-0.2, 0) is 17.8 Å². The summed E-state index contributed by atoms with van der Waals surface area (Å²) in [6.07, 6.45) is 4.28. The maximum absolute atomic E-state index is 12.4. The van der Waals surface area contributed by atoms with E-state index in [2.05, 4.69) is 15.5 Å². The zero-order chi connectivity index (χ0) is 14.7. The fourth-order valence-corrected chi connectivity index (χ4v) is 2.99. The molecule has 0 N–H and O–H groups in total. The highest BCUT2D eigenvalue weighted by atomic mass is 35.5. The van der Waals surface area contributed by atoms with Crippen molar-refractivity contribution in [3.05, 3.63) is 41.2 Å². The monoisotopic (exact) mass is 305 g/mol. The summed E-state index contributed by atoms with van der Waals surface area (Å²) in [4.78, 5) is 14.3. The van der Waals surface area contributed by atoms with Gasteiger partial charge in [0.25, 0.3) is 0 Å². The first kappa shape index (κ1) is 14.0. The predicted molar refractivity (Wildman–Crippen MR) is 77.7 cm³/mol. The molecule has 1 aromatic carbocycles. The Balaban J connectivity index is 1.68. The maximum Gasteiger partial charge on any atom is 0.244 e. The number of amides is 1. The molecule has 0 aliphatic carbocycles. The molecular formula is C14H16ClN5O. The Morgan fingerprint density at radius 2 is 2.24 bits per heavy atom. The largest absolute Gasteiger partial charge is 0.338 e. The Kier molecular flexibility index (Phi) is 4.15. The van der Waals surface area contributed by atoms with Crippen LogP contribution >= 0.6 is 11.6 Å². The topological polar surface area (TPSA) is 63.9 Å². The zero-order valence-corrected chi connectivity index (χ0v) is 12.3. The van der Waals surface area contributed by atoms with Crippen LogP contribution in [0.1, 0.15) is 18.4 Å². The van der Waals surface area contributed by atoms with Crippen LogP contribution in [0.5, 0.6) is 0 Å². The second kappa shape index (κ2) is 6.22. The molecule has 6 nitrogen and oxygen atoms in total. The van der Waals surface area contributed by atoms with Crippen LogP contribution < -0.4 is 0 Å². The fraction of sp³-hybridized carbons (Fsp3) is 0.429. The lowest BCUT2D eigenvalue weighted by atomic mass is 10.0. The predicted octanol–water partition coefficient (Wildman–Crippen LogP) is 1.56. The van der Waals surface area contributed by atoms with Crippen molar-refractivity contribution in [3.8, 4) is 0 Å². The molecule has 0 saturated carbocycles. The minimum absolute atomic E-state index is 0.0526. The Bertz CT molecular complexity index is 616. The summed E-state index contributed by atoms with van der Waals surface area (Å²) in [7, 11) is 0. The van der Waals surface area contributed by atoms with Gasteiger partial charge in [0.05, 0.1) is 0 Å². The molecule has 0 spiro atoms. The number of carbonyl (C=O) groups is 1. The van der Waals surface area contributed by atoms with Crippen molar-refractivity contribution in [2.24, 2.45) is 0 Å². The molecule has 1 fully saturated rings. The van der Waals surface area contributed by atoms with Gasteiger partial charge in [0.1, 0.15) is 12.9 Å². The Morgan fingerprint density at radius 1 is 1.38 bits per heavy atom. The molecule has 1 aliphatic rings. The van der Waals surface area contributed by atoms with Gasteiger partial charge >= 0.3 is 0 Å². The third kappa shape index (κ3) is 3.21. The van der Waals surface area contributed by atoms with Crippen molar-refractivity contribution in [1.82, 2.24) is 25.1 Å². The summed E-state index contributed by atoms with van der Waals surface area (Å²) in [5.41, 5.74) is 1.09. The smallest absolute Gasteiger partial charge is 0.244 e. The van der Waals surface area contributed by atoms with Gasteiger partial charge in [-0.15, -0.1) is 5.10 Å². The van der Waals surface area contributed by atoms with Crippen molar-refractivity contribution in [2.45, 2.75) is 31.8 Å². The first-order valence-corrected chi connectivity index (χ1v) is 7.35. The van der Waals surface area contributed by atoms with E-state index in [1.54, 1.807) is 0 Å². The van der Waals surface area contributed by atoms with E-state index >= 15 is 0 Å². The van der Waals surface area contributed by atoms with Crippen LogP contribution in [0.3, 0.4) is 0 Å². The van der Waals surface area contributed by atoms with Gasteiger partial charge in [-0.2, -0.15) is 0 Å². The molecule has 7 heteroatoms. The van der Waals surface area contributed by atoms with Gasteiger partial charge in [0.2, 0.25) is 5.91 Å².